The maximum Gasteiger partial charge on any atom is 0.311 e. The SMILES string of the molecule is O=[C]=[Fe]=[C]=O.[CH2-][Si](F)F.c1cc[cH-]c1. The summed E-state index contributed by atoms with van der Waals surface area (Å²) >= 11 is -0.222. The topological polar surface area (TPSA) is 34.1 Å². The maximum atomic E-state index is 10.3. The zero-order valence-electron chi connectivity index (χ0n) is 7.02. The summed E-state index contributed by atoms with van der Waals surface area (Å²) in [6.45, 7) is 2.41. The molecule has 6 heteroatoms. The van der Waals surface area contributed by atoms with Crippen LogP contribution in [0, 0.1) is 6.55 Å². The Morgan fingerprint density at radius 3 is 1.64 bits per heavy atom. The minimum Gasteiger partial charge on any atom is -0.307 e. The van der Waals surface area contributed by atoms with Crippen molar-refractivity contribution in [1.29, 1.82) is 0 Å². The molecule has 1 aromatic rings. The van der Waals surface area contributed by atoms with Gasteiger partial charge in [-0.1, -0.05) is 0 Å². The Morgan fingerprint density at radius 1 is 1.21 bits per heavy atom. The van der Waals surface area contributed by atoms with Gasteiger partial charge >= 0.3 is 42.7 Å². The molecule has 2 nitrogen and oxygen atoms in total. The van der Waals surface area contributed by atoms with Gasteiger partial charge in [0, 0.05) is 0 Å². The van der Waals surface area contributed by atoms with Crippen LogP contribution in [0.2, 0.25) is 0 Å². The van der Waals surface area contributed by atoms with E-state index in [1.165, 1.54) is 9.57 Å². The Balaban J connectivity index is 0. The number of rotatable bonds is 0. The molecule has 0 fully saturated rings. The van der Waals surface area contributed by atoms with Gasteiger partial charge in [0.2, 0.25) is 0 Å². The summed E-state index contributed by atoms with van der Waals surface area (Å²) in [5.74, 6) is 0. The first-order chi connectivity index (χ1) is 6.65. The van der Waals surface area contributed by atoms with Crippen LogP contribution in [-0.2, 0) is 23.7 Å². The Morgan fingerprint density at radius 2 is 1.57 bits per heavy atom. The van der Waals surface area contributed by atoms with Crippen molar-refractivity contribution < 1.29 is 31.9 Å². The summed E-state index contributed by atoms with van der Waals surface area (Å²) in [6, 6.07) is 10.0. The van der Waals surface area contributed by atoms with Crippen molar-refractivity contribution in [2.24, 2.45) is 0 Å². The summed E-state index contributed by atoms with van der Waals surface area (Å²) in [7, 11) is -3.13. The number of carbonyl (C=O) groups excluding carboxylic acids is 2. The van der Waals surface area contributed by atoms with Crippen LogP contribution < -0.4 is 0 Å². The van der Waals surface area contributed by atoms with Crippen molar-refractivity contribution in [3.05, 3.63) is 36.9 Å². The van der Waals surface area contributed by atoms with Crippen LogP contribution >= 0.6 is 0 Å². The fourth-order valence-electron chi connectivity index (χ4n) is 0.335. The molecule has 0 N–H and O–H groups in total. The first-order valence-corrected chi connectivity index (χ1v) is 5.73. The first kappa shape index (κ1) is 15.6. The van der Waals surface area contributed by atoms with Crippen LogP contribution in [0.3, 0.4) is 0 Å². The van der Waals surface area contributed by atoms with Crippen molar-refractivity contribution in [3.8, 4) is 0 Å². The third-order valence-corrected chi connectivity index (χ3v) is 0.853. The summed E-state index contributed by atoms with van der Waals surface area (Å²) in [5, 5.41) is 0. The van der Waals surface area contributed by atoms with E-state index in [9.17, 15) is 8.22 Å². The van der Waals surface area contributed by atoms with E-state index in [2.05, 4.69) is 6.55 Å². The van der Waals surface area contributed by atoms with Crippen molar-refractivity contribution in [1.82, 2.24) is 0 Å². The number of hydrogen-bond acceptors (Lipinski definition) is 2. The van der Waals surface area contributed by atoms with Gasteiger partial charge in [-0.05, 0) is 0 Å². The van der Waals surface area contributed by atoms with Crippen molar-refractivity contribution in [3.63, 3.8) is 0 Å². The molecular formula is C8H7F2FeO2Si-2. The van der Waals surface area contributed by atoms with E-state index in [0.717, 1.165) is 0 Å². The molecule has 1 aromatic carbocycles. The summed E-state index contributed by atoms with van der Waals surface area (Å²) in [4.78, 5) is 20.7. The molecule has 0 aliphatic heterocycles. The first-order valence-electron chi connectivity index (χ1n) is 3.16. The zero-order valence-corrected chi connectivity index (χ0v) is 9.12. The Hall–Kier alpha value is -0.894. The van der Waals surface area contributed by atoms with E-state index in [1.54, 1.807) is 0 Å². The molecule has 0 saturated carbocycles. The molecule has 0 unspecified atom stereocenters. The van der Waals surface area contributed by atoms with Gasteiger partial charge in [-0.15, -0.1) is 0 Å². The molecule has 0 saturated heterocycles. The molecule has 0 atom stereocenters. The van der Waals surface area contributed by atoms with Gasteiger partial charge in [0.25, 0.3) is 0 Å². The molecule has 0 heterocycles. The van der Waals surface area contributed by atoms with E-state index in [0.29, 0.717) is 0 Å². The molecule has 0 aliphatic carbocycles. The van der Waals surface area contributed by atoms with E-state index in [4.69, 9.17) is 9.59 Å². The molecule has 0 bridgehead atoms. The van der Waals surface area contributed by atoms with E-state index in [1.807, 2.05) is 30.3 Å². The minimum atomic E-state index is -3.13. The molecule has 1 radical (unpaired) electrons. The average Bonchev–Trinajstić information content (AvgIpc) is 2.61. The summed E-state index contributed by atoms with van der Waals surface area (Å²) in [5.41, 5.74) is 0. The monoisotopic (exact) mass is 257 g/mol. The van der Waals surface area contributed by atoms with Crippen LogP contribution in [0.4, 0.5) is 8.22 Å². The standard InChI is InChI=1S/C5H5.CH2F2Si.2CO.Fe/c1-2-4-5-3-1;1-4(2)3;2*1-2;/h1-5H;1H2;;;/q2*-1;;;. The van der Waals surface area contributed by atoms with Crippen LogP contribution in [-0.4, -0.2) is 19.0 Å². The third-order valence-electron chi connectivity index (χ3n) is 0.628. The Bertz CT molecular complexity index is 265. The smallest absolute Gasteiger partial charge is 0.307 e. The van der Waals surface area contributed by atoms with Gasteiger partial charge in [-0.25, -0.2) is 12.1 Å². The predicted octanol–water partition coefficient (Wildman–Crippen LogP) is 1.40. The van der Waals surface area contributed by atoms with Gasteiger partial charge in [-0.3, -0.25) is 6.55 Å². The second-order valence-corrected chi connectivity index (χ2v) is 2.94. The summed E-state index contributed by atoms with van der Waals surface area (Å²) < 4.78 is 20.6. The largest absolute Gasteiger partial charge is 0.311 e. The van der Waals surface area contributed by atoms with Crippen molar-refractivity contribution in [2.75, 3.05) is 0 Å². The molecule has 0 aliphatic rings. The van der Waals surface area contributed by atoms with Crippen molar-refractivity contribution in [2.45, 2.75) is 0 Å². The van der Waals surface area contributed by atoms with Gasteiger partial charge in [0.15, 0.2) is 0 Å². The quantitative estimate of drug-likeness (QED) is 0.400. The molecular weight excluding hydrogens is 250 g/mol. The third kappa shape index (κ3) is 30.4. The molecule has 79 valence electrons. The van der Waals surface area contributed by atoms with Gasteiger partial charge in [0.1, 0.15) is 0 Å². The normalized spacial score (nSPS) is 7.14. The van der Waals surface area contributed by atoms with Crippen LogP contribution in [0.25, 0.3) is 0 Å². The van der Waals surface area contributed by atoms with Crippen LogP contribution in [0.1, 0.15) is 0 Å². The number of halogens is 2. The number of hydrogen-bond donors (Lipinski definition) is 0. The minimum absolute atomic E-state index is 0.222. The maximum absolute atomic E-state index is 10.3. The predicted molar refractivity (Wildman–Crippen MR) is 46.7 cm³/mol. The fraction of sp³-hybridized carbons (Fsp3) is 0. The average molecular weight is 257 g/mol. The van der Waals surface area contributed by atoms with E-state index in [-0.39, 0.29) is 14.1 Å². The second kappa shape index (κ2) is 14.6. The Kier molecular flexibility index (Phi) is 16.3. The zero-order chi connectivity index (χ0) is 11.2. The van der Waals surface area contributed by atoms with Crippen molar-refractivity contribution >= 4 is 19.0 Å². The molecule has 0 aromatic heterocycles. The molecule has 14 heavy (non-hydrogen) atoms. The van der Waals surface area contributed by atoms with Crippen LogP contribution in [0.5, 0.6) is 0 Å². The van der Waals surface area contributed by atoms with Gasteiger partial charge < -0.3 is 8.22 Å². The van der Waals surface area contributed by atoms with Gasteiger partial charge in [0.05, 0.1) is 0 Å². The van der Waals surface area contributed by atoms with Crippen LogP contribution in [0.15, 0.2) is 30.3 Å². The molecule has 1 rings (SSSR count). The second-order valence-electron chi connectivity index (χ2n) is 1.53. The van der Waals surface area contributed by atoms with Gasteiger partial charge in [-0.2, -0.15) is 18.2 Å². The van der Waals surface area contributed by atoms with E-state index < -0.39 is 9.46 Å². The Labute approximate surface area is 88.1 Å². The molecule has 0 amide bonds. The molecule has 0 spiro atoms. The fourth-order valence-corrected chi connectivity index (χ4v) is 0.381. The summed E-state index contributed by atoms with van der Waals surface area (Å²) in [6.07, 6.45) is 0. The van der Waals surface area contributed by atoms with E-state index >= 15 is 0 Å².